The quantitative estimate of drug-likeness (QED) is 0.857. The molecule has 0 spiro atoms. The van der Waals surface area contributed by atoms with Crippen molar-refractivity contribution in [3.8, 4) is 0 Å². The van der Waals surface area contributed by atoms with Gasteiger partial charge in [-0.25, -0.2) is 8.93 Å². The summed E-state index contributed by atoms with van der Waals surface area (Å²) in [6.45, 7) is 10.4. The van der Waals surface area contributed by atoms with E-state index in [4.69, 9.17) is 0 Å². The minimum absolute atomic E-state index is 0.0714. The van der Waals surface area contributed by atoms with Gasteiger partial charge in [0.2, 0.25) is 0 Å². The average molecular weight is 315 g/mol. The fourth-order valence-corrected chi connectivity index (χ4v) is 4.34. The maximum Gasteiger partial charge on any atom is 0.126 e. The van der Waals surface area contributed by atoms with Crippen LogP contribution in [0.3, 0.4) is 0 Å². The normalized spacial score (nSPS) is 14.1. The van der Waals surface area contributed by atoms with Gasteiger partial charge in [-0.15, -0.1) is 0 Å². The molecular formula is C19H25NOS. The zero-order valence-corrected chi connectivity index (χ0v) is 14.8. The number of benzene rings is 2. The van der Waals surface area contributed by atoms with Gasteiger partial charge in [-0.2, -0.15) is 0 Å². The highest BCUT2D eigenvalue weighted by molar-refractivity contribution is 7.83. The predicted octanol–water partition coefficient (Wildman–Crippen LogP) is 4.62. The molecule has 0 saturated heterocycles. The van der Waals surface area contributed by atoms with Crippen LogP contribution in [0, 0.1) is 26.7 Å². The topological polar surface area (TPSA) is 29.1 Å². The third-order valence-electron chi connectivity index (χ3n) is 3.85. The van der Waals surface area contributed by atoms with E-state index < -0.39 is 11.0 Å². The zero-order chi connectivity index (χ0) is 16.3. The molecule has 0 radical (unpaired) electrons. The first kappa shape index (κ1) is 16.9. The fourth-order valence-electron chi connectivity index (χ4n) is 2.88. The van der Waals surface area contributed by atoms with E-state index >= 15 is 0 Å². The minimum atomic E-state index is -1.22. The van der Waals surface area contributed by atoms with Crippen LogP contribution in [0.2, 0.25) is 0 Å². The van der Waals surface area contributed by atoms with Crippen molar-refractivity contribution in [3.63, 3.8) is 0 Å². The lowest BCUT2D eigenvalue weighted by Gasteiger charge is -2.23. The van der Waals surface area contributed by atoms with E-state index in [1.807, 2.05) is 32.0 Å². The van der Waals surface area contributed by atoms with Crippen LogP contribution in [0.4, 0.5) is 0 Å². The predicted molar refractivity (Wildman–Crippen MR) is 94.2 cm³/mol. The van der Waals surface area contributed by atoms with Crippen LogP contribution in [0.15, 0.2) is 47.4 Å². The lowest BCUT2D eigenvalue weighted by molar-refractivity contribution is 0.478. The Balaban J connectivity index is 2.30. The van der Waals surface area contributed by atoms with Crippen molar-refractivity contribution in [2.75, 3.05) is 0 Å². The maximum absolute atomic E-state index is 12.9. The summed E-state index contributed by atoms with van der Waals surface area (Å²) in [5.41, 5.74) is 4.55. The Labute approximate surface area is 136 Å². The van der Waals surface area contributed by atoms with Crippen LogP contribution >= 0.6 is 0 Å². The average Bonchev–Trinajstić information content (AvgIpc) is 2.44. The van der Waals surface area contributed by atoms with Crippen molar-refractivity contribution in [3.05, 3.63) is 64.7 Å². The van der Waals surface area contributed by atoms with E-state index in [1.54, 1.807) is 0 Å². The first-order valence-electron chi connectivity index (χ1n) is 7.71. The molecule has 2 aromatic rings. The fraction of sp³-hybridized carbons (Fsp3) is 0.368. The molecule has 2 rings (SSSR count). The van der Waals surface area contributed by atoms with E-state index in [0.29, 0.717) is 5.92 Å². The third kappa shape index (κ3) is 3.84. The summed E-state index contributed by atoms with van der Waals surface area (Å²) in [6.07, 6.45) is 0. The Kier molecular flexibility index (Phi) is 5.54. The highest BCUT2D eigenvalue weighted by Gasteiger charge is 2.20. The van der Waals surface area contributed by atoms with Crippen molar-refractivity contribution in [2.24, 2.45) is 5.92 Å². The third-order valence-corrected chi connectivity index (χ3v) is 5.33. The summed E-state index contributed by atoms with van der Waals surface area (Å²) in [5, 5.41) is 0. The molecule has 22 heavy (non-hydrogen) atoms. The molecule has 1 N–H and O–H groups in total. The SMILES string of the molecule is Cc1cc(C)c(S(=O)N[C@H](c2ccccc2)C(C)C)c(C)c1. The largest absolute Gasteiger partial charge is 0.237 e. The van der Waals surface area contributed by atoms with Crippen LogP contribution in [0.5, 0.6) is 0 Å². The second-order valence-corrected chi connectivity index (χ2v) is 7.43. The van der Waals surface area contributed by atoms with Gasteiger partial charge in [0.1, 0.15) is 11.0 Å². The van der Waals surface area contributed by atoms with Gasteiger partial charge in [0.25, 0.3) is 0 Å². The summed E-state index contributed by atoms with van der Waals surface area (Å²) >= 11 is 0. The number of nitrogens with one attached hydrogen (secondary N) is 1. The minimum Gasteiger partial charge on any atom is -0.237 e. The molecule has 3 heteroatoms. The molecule has 2 aromatic carbocycles. The summed E-state index contributed by atoms with van der Waals surface area (Å²) < 4.78 is 16.2. The van der Waals surface area contributed by atoms with Gasteiger partial charge in [0, 0.05) is 6.04 Å². The summed E-state index contributed by atoms with van der Waals surface area (Å²) in [5.74, 6) is 0.359. The molecule has 1 unspecified atom stereocenters. The van der Waals surface area contributed by atoms with Gasteiger partial charge in [-0.1, -0.05) is 61.9 Å². The lowest BCUT2D eigenvalue weighted by Crippen LogP contribution is -2.28. The molecule has 2 atom stereocenters. The molecule has 0 aliphatic carbocycles. The number of hydrogen-bond acceptors (Lipinski definition) is 1. The molecule has 0 saturated carbocycles. The Morgan fingerprint density at radius 3 is 2.00 bits per heavy atom. The van der Waals surface area contributed by atoms with Gasteiger partial charge in [0.15, 0.2) is 0 Å². The van der Waals surface area contributed by atoms with Crippen LogP contribution in [0.25, 0.3) is 0 Å². The van der Waals surface area contributed by atoms with E-state index in [2.05, 4.69) is 49.8 Å². The maximum atomic E-state index is 12.9. The molecule has 118 valence electrons. The molecule has 0 fully saturated rings. The van der Waals surface area contributed by atoms with E-state index in [0.717, 1.165) is 16.0 Å². The van der Waals surface area contributed by atoms with Gasteiger partial charge >= 0.3 is 0 Å². The van der Waals surface area contributed by atoms with E-state index in [9.17, 15) is 4.21 Å². The van der Waals surface area contributed by atoms with Crippen molar-refractivity contribution in [2.45, 2.75) is 45.6 Å². The second-order valence-electron chi connectivity index (χ2n) is 6.25. The van der Waals surface area contributed by atoms with Crippen LogP contribution in [-0.2, 0) is 11.0 Å². The second kappa shape index (κ2) is 7.21. The molecule has 0 aliphatic heterocycles. The Hall–Kier alpha value is -1.45. The molecule has 0 amide bonds. The first-order valence-corrected chi connectivity index (χ1v) is 8.86. The van der Waals surface area contributed by atoms with Gasteiger partial charge in [0.05, 0.1) is 4.90 Å². The summed E-state index contributed by atoms with van der Waals surface area (Å²) in [6, 6.07) is 14.5. The number of hydrogen-bond donors (Lipinski definition) is 1. The summed E-state index contributed by atoms with van der Waals surface area (Å²) in [7, 11) is -1.22. The Bertz CT molecular complexity index is 641. The first-order chi connectivity index (χ1) is 10.4. The Morgan fingerprint density at radius 1 is 0.955 bits per heavy atom. The number of rotatable bonds is 5. The van der Waals surface area contributed by atoms with Crippen molar-refractivity contribution in [1.82, 2.24) is 4.72 Å². The zero-order valence-electron chi connectivity index (χ0n) is 14.0. The van der Waals surface area contributed by atoms with Gasteiger partial charge in [-0.05, 0) is 43.4 Å². The molecule has 0 aliphatic rings. The lowest BCUT2D eigenvalue weighted by atomic mass is 9.97. The molecule has 0 heterocycles. The van der Waals surface area contributed by atoms with Crippen molar-refractivity contribution >= 4 is 11.0 Å². The standard InChI is InChI=1S/C19H25NOS/c1-13(2)18(17-9-7-6-8-10-17)20-22(21)19-15(4)11-14(3)12-16(19)5/h6-13,18,20H,1-5H3/t18-,22?/m0/s1. The van der Waals surface area contributed by atoms with Crippen LogP contribution < -0.4 is 4.72 Å². The van der Waals surface area contributed by atoms with Crippen LogP contribution in [-0.4, -0.2) is 4.21 Å². The van der Waals surface area contributed by atoms with Crippen LogP contribution in [0.1, 0.15) is 42.1 Å². The molecule has 0 aromatic heterocycles. The Morgan fingerprint density at radius 2 is 1.50 bits per heavy atom. The smallest absolute Gasteiger partial charge is 0.126 e. The van der Waals surface area contributed by atoms with Gasteiger partial charge < -0.3 is 0 Å². The monoisotopic (exact) mass is 315 g/mol. The van der Waals surface area contributed by atoms with Crippen molar-refractivity contribution in [1.29, 1.82) is 0 Å². The molecule has 0 bridgehead atoms. The number of aryl methyl sites for hydroxylation is 3. The van der Waals surface area contributed by atoms with Gasteiger partial charge in [-0.3, -0.25) is 0 Å². The molecule has 2 nitrogen and oxygen atoms in total. The van der Waals surface area contributed by atoms with E-state index in [1.165, 1.54) is 11.1 Å². The highest BCUT2D eigenvalue weighted by Crippen LogP contribution is 2.25. The molecular weight excluding hydrogens is 290 g/mol. The van der Waals surface area contributed by atoms with Crippen molar-refractivity contribution < 1.29 is 4.21 Å². The highest BCUT2D eigenvalue weighted by atomic mass is 32.2. The summed E-state index contributed by atoms with van der Waals surface area (Å²) in [4.78, 5) is 0.909. The van der Waals surface area contributed by atoms with E-state index in [-0.39, 0.29) is 6.04 Å².